The molecule has 24 heavy (non-hydrogen) atoms. The lowest BCUT2D eigenvalue weighted by Gasteiger charge is -2.39. The Morgan fingerprint density at radius 2 is 1.79 bits per heavy atom. The first-order valence-corrected chi connectivity index (χ1v) is 9.97. The molecule has 0 aromatic rings. The number of carbonyl (C=O) groups excluding carboxylic acids is 1. The molecule has 3 N–H and O–H groups in total. The molecule has 2 aliphatic rings. The van der Waals surface area contributed by atoms with Crippen LogP contribution in [0, 0.1) is 17.8 Å². The van der Waals surface area contributed by atoms with Gasteiger partial charge in [-0.15, -0.1) is 12.4 Å². The average molecular weight is 383 g/mol. The number of halogens is 1. The van der Waals surface area contributed by atoms with Crippen LogP contribution in [-0.2, 0) is 15.0 Å². The highest BCUT2D eigenvalue weighted by Crippen LogP contribution is 2.27. The predicted molar refractivity (Wildman–Crippen MR) is 97.0 cm³/mol. The van der Waals surface area contributed by atoms with E-state index in [-0.39, 0.29) is 30.8 Å². The summed E-state index contributed by atoms with van der Waals surface area (Å²) in [5, 5.41) is 2.77. The predicted octanol–water partition coefficient (Wildman–Crippen LogP) is 0.418. The third-order valence-electron chi connectivity index (χ3n) is 4.69. The number of nitrogens with two attached hydrogens (primary N) is 1. The molecule has 3 unspecified atom stereocenters. The van der Waals surface area contributed by atoms with Gasteiger partial charge in [0, 0.05) is 39.3 Å². The van der Waals surface area contributed by atoms with Crippen molar-refractivity contribution in [1.29, 1.82) is 0 Å². The summed E-state index contributed by atoms with van der Waals surface area (Å²) < 4.78 is 28.9. The molecule has 0 aromatic carbocycles. The zero-order valence-corrected chi connectivity index (χ0v) is 16.2. The van der Waals surface area contributed by atoms with E-state index in [2.05, 4.69) is 19.2 Å². The van der Waals surface area contributed by atoms with E-state index in [0.717, 1.165) is 19.3 Å². The van der Waals surface area contributed by atoms with Crippen LogP contribution >= 0.6 is 12.4 Å². The Labute approximate surface area is 151 Å². The van der Waals surface area contributed by atoms with Gasteiger partial charge < -0.3 is 11.1 Å². The monoisotopic (exact) mass is 382 g/mol. The van der Waals surface area contributed by atoms with E-state index >= 15 is 0 Å². The average Bonchev–Trinajstić information content (AvgIpc) is 2.51. The molecule has 2 saturated heterocycles. The Bertz CT molecular complexity index is 507. The lowest BCUT2D eigenvalue weighted by Crippen LogP contribution is -2.53. The molecule has 3 atom stereocenters. The van der Waals surface area contributed by atoms with E-state index in [9.17, 15) is 13.2 Å². The van der Waals surface area contributed by atoms with Crippen LogP contribution in [-0.4, -0.2) is 62.2 Å². The maximum Gasteiger partial charge on any atom is 0.282 e. The number of rotatable bonds is 5. The fourth-order valence-electron chi connectivity index (χ4n) is 3.66. The fourth-order valence-corrected chi connectivity index (χ4v) is 5.60. The quantitative estimate of drug-likeness (QED) is 0.720. The molecular weight excluding hydrogens is 352 g/mol. The van der Waals surface area contributed by atoms with Gasteiger partial charge >= 0.3 is 0 Å². The summed E-state index contributed by atoms with van der Waals surface area (Å²) in [5.41, 5.74) is 5.40. The molecule has 2 aliphatic heterocycles. The van der Waals surface area contributed by atoms with Crippen LogP contribution in [0.1, 0.15) is 33.1 Å². The van der Waals surface area contributed by atoms with Gasteiger partial charge in [0.2, 0.25) is 5.91 Å². The van der Waals surface area contributed by atoms with Gasteiger partial charge in [-0.1, -0.05) is 13.8 Å². The molecule has 0 bridgehead atoms. The van der Waals surface area contributed by atoms with E-state index in [4.69, 9.17) is 5.73 Å². The standard InChI is InChI=1S/C15H30N4O3S.ClH/c1-12-8-13(2)10-19(9-12)23(21,22)18-7-3-4-14(11-18)15(20)17-6-5-16;/h12-14H,3-11,16H2,1-2H3,(H,17,20);1H. The minimum absolute atomic E-state index is 0. The number of hydrogen-bond donors (Lipinski definition) is 2. The number of hydrogen-bond acceptors (Lipinski definition) is 4. The van der Waals surface area contributed by atoms with Crippen molar-refractivity contribution in [2.45, 2.75) is 33.1 Å². The minimum Gasteiger partial charge on any atom is -0.355 e. The Morgan fingerprint density at radius 3 is 2.38 bits per heavy atom. The van der Waals surface area contributed by atoms with E-state index < -0.39 is 10.2 Å². The minimum atomic E-state index is -3.48. The van der Waals surface area contributed by atoms with Gasteiger partial charge in [-0.2, -0.15) is 17.0 Å². The van der Waals surface area contributed by atoms with Crippen molar-refractivity contribution in [2.75, 3.05) is 39.3 Å². The molecule has 142 valence electrons. The van der Waals surface area contributed by atoms with Gasteiger partial charge in [0.05, 0.1) is 5.92 Å². The third-order valence-corrected chi connectivity index (χ3v) is 6.62. The zero-order chi connectivity index (χ0) is 17.0. The molecule has 2 rings (SSSR count). The van der Waals surface area contributed by atoms with E-state index in [1.54, 1.807) is 4.31 Å². The SMILES string of the molecule is CC1CC(C)CN(S(=O)(=O)N2CCCC(C(=O)NCCN)C2)C1.Cl. The summed E-state index contributed by atoms with van der Waals surface area (Å²) >= 11 is 0. The van der Waals surface area contributed by atoms with Crippen LogP contribution < -0.4 is 11.1 Å². The van der Waals surface area contributed by atoms with Crippen molar-refractivity contribution in [3.63, 3.8) is 0 Å². The molecule has 2 fully saturated rings. The number of nitrogens with zero attached hydrogens (tertiary/aromatic N) is 2. The van der Waals surface area contributed by atoms with Crippen molar-refractivity contribution in [3.8, 4) is 0 Å². The molecule has 0 aromatic heterocycles. The van der Waals surface area contributed by atoms with Crippen molar-refractivity contribution >= 4 is 28.5 Å². The number of amides is 1. The Balaban J connectivity index is 0.00000288. The largest absolute Gasteiger partial charge is 0.355 e. The van der Waals surface area contributed by atoms with Gasteiger partial charge in [0.1, 0.15) is 0 Å². The summed E-state index contributed by atoms with van der Waals surface area (Å²) in [6, 6.07) is 0. The van der Waals surface area contributed by atoms with Crippen LogP contribution in [0.4, 0.5) is 0 Å². The van der Waals surface area contributed by atoms with Crippen molar-refractivity contribution in [1.82, 2.24) is 13.9 Å². The smallest absolute Gasteiger partial charge is 0.282 e. The van der Waals surface area contributed by atoms with Crippen LogP contribution in [0.2, 0.25) is 0 Å². The molecule has 0 aliphatic carbocycles. The Hall–Kier alpha value is -0.410. The Morgan fingerprint density at radius 1 is 1.17 bits per heavy atom. The molecule has 0 saturated carbocycles. The van der Waals surface area contributed by atoms with E-state index in [1.165, 1.54) is 4.31 Å². The molecule has 9 heteroatoms. The van der Waals surface area contributed by atoms with Crippen LogP contribution in [0.3, 0.4) is 0 Å². The summed E-state index contributed by atoms with van der Waals surface area (Å²) in [7, 11) is -3.48. The lowest BCUT2D eigenvalue weighted by atomic mass is 9.94. The van der Waals surface area contributed by atoms with Gasteiger partial charge in [0.15, 0.2) is 0 Å². The highest BCUT2D eigenvalue weighted by molar-refractivity contribution is 7.86. The summed E-state index contributed by atoms with van der Waals surface area (Å²) in [6.07, 6.45) is 2.52. The molecule has 0 spiro atoms. The Kier molecular flexibility index (Phi) is 8.41. The van der Waals surface area contributed by atoms with Crippen molar-refractivity contribution < 1.29 is 13.2 Å². The lowest BCUT2D eigenvalue weighted by molar-refractivity contribution is -0.126. The van der Waals surface area contributed by atoms with Gasteiger partial charge in [0.25, 0.3) is 10.2 Å². The highest BCUT2D eigenvalue weighted by atomic mass is 35.5. The maximum absolute atomic E-state index is 12.9. The van der Waals surface area contributed by atoms with Gasteiger partial charge in [-0.3, -0.25) is 4.79 Å². The number of piperidine rings is 2. The number of nitrogens with one attached hydrogen (secondary N) is 1. The van der Waals surface area contributed by atoms with Crippen molar-refractivity contribution in [2.24, 2.45) is 23.5 Å². The topological polar surface area (TPSA) is 95.7 Å². The zero-order valence-electron chi connectivity index (χ0n) is 14.6. The van der Waals surface area contributed by atoms with Crippen LogP contribution in [0.5, 0.6) is 0 Å². The first kappa shape index (κ1) is 21.6. The van der Waals surface area contributed by atoms with Gasteiger partial charge in [-0.05, 0) is 31.1 Å². The fraction of sp³-hybridized carbons (Fsp3) is 0.933. The highest BCUT2D eigenvalue weighted by Gasteiger charge is 2.38. The third kappa shape index (κ3) is 5.29. The summed E-state index contributed by atoms with van der Waals surface area (Å²) in [5.74, 6) is 0.393. The summed E-state index contributed by atoms with van der Waals surface area (Å²) in [4.78, 5) is 12.1. The molecular formula is C15H31ClN4O3S. The van der Waals surface area contributed by atoms with E-state index in [1.807, 2.05) is 0 Å². The van der Waals surface area contributed by atoms with Gasteiger partial charge in [-0.25, -0.2) is 0 Å². The first-order valence-electron chi connectivity index (χ1n) is 8.57. The second-order valence-electron chi connectivity index (χ2n) is 7.05. The normalized spacial score (nSPS) is 29.7. The maximum atomic E-state index is 12.9. The van der Waals surface area contributed by atoms with Crippen LogP contribution in [0.15, 0.2) is 0 Å². The number of carbonyl (C=O) groups is 1. The molecule has 0 radical (unpaired) electrons. The van der Waals surface area contributed by atoms with E-state index in [0.29, 0.717) is 44.6 Å². The van der Waals surface area contributed by atoms with Crippen molar-refractivity contribution in [3.05, 3.63) is 0 Å². The first-order chi connectivity index (χ1) is 10.8. The molecule has 7 nitrogen and oxygen atoms in total. The summed E-state index contributed by atoms with van der Waals surface area (Å²) in [6.45, 7) is 6.95. The van der Waals surface area contributed by atoms with Crippen LogP contribution in [0.25, 0.3) is 0 Å². The molecule has 2 heterocycles. The second-order valence-corrected chi connectivity index (χ2v) is 8.98. The second kappa shape index (κ2) is 9.33. The molecule has 1 amide bonds.